The summed E-state index contributed by atoms with van der Waals surface area (Å²) in [6.45, 7) is 6.22. The molecule has 20 heavy (non-hydrogen) atoms. The Hall–Kier alpha value is -1.58. The number of allylic oxidation sites excluding steroid dienone is 1. The lowest BCUT2D eigenvalue weighted by Crippen LogP contribution is -2.02. The lowest BCUT2D eigenvalue weighted by molar-refractivity contribution is 0.730. The third-order valence-electron chi connectivity index (χ3n) is 2.59. The molecule has 0 N–H and O–H groups in total. The molecule has 0 aliphatic rings. The summed E-state index contributed by atoms with van der Waals surface area (Å²) in [5.41, 5.74) is 0.985. The predicted octanol–water partition coefficient (Wildman–Crippen LogP) is 3.90. The smallest absolute Gasteiger partial charge is 0.193 e. The van der Waals surface area contributed by atoms with Gasteiger partial charge >= 0.3 is 0 Å². The summed E-state index contributed by atoms with van der Waals surface area (Å²) in [5, 5.41) is 17.9. The number of thioether (sulfide) groups is 1. The highest BCUT2D eigenvalue weighted by atomic mass is 79.9. The fraction of sp³-hybridized carbons (Fsp3) is 0.214. The Balaban J connectivity index is 2.41. The third kappa shape index (κ3) is 3.30. The van der Waals surface area contributed by atoms with Crippen LogP contribution in [0.25, 0.3) is 11.4 Å². The van der Waals surface area contributed by atoms with E-state index in [1.165, 1.54) is 11.8 Å². The van der Waals surface area contributed by atoms with E-state index in [4.69, 9.17) is 5.26 Å². The Morgan fingerprint density at radius 1 is 1.45 bits per heavy atom. The molecule has 0 amide bonds. The molecule has 0 spiro atoms. The van der Waals surface area contributed by atoms with Crippen LogP contribution in [-0.4, -0.2) is 20.0 Å². The highest BCUT2D eigenvalue weighted by Gasteiger charge is 2.15. The highest BCUT2D eigenvalue weighted by molar-refractivity contribution is 9.10. The van der Waals surface area contributed by atoms with Crippen LogP contribution in [0.3, 0.4) is 0 Å². The molecule has 2 rings (SSSR count). The molecule has 0 saturated carbocycles. The van der Waals surface area contributed by atoms with Gasteiger partial charge in [0.2, 0.25) is 0 Å². The average Bonchev–Trinajstić information content (AvgIpc) is 2.83. The third-order valence-corrected chi connectivity index (χ3v) is 4.10. The molecule has 1 heterocycles. The van der Waals surface area contributed by atoms with Crippen LogP contribution in [0.5, 0.6) is 0 Å². The van der Waals surface area contributed by atoms with Crippen LogP contribution in [0.4, 0.5) is 0 Å². The molecule has 1 aromatic heterocycles. The van der Waals surface area contributed by atoms with Crippen molar-refractivity contribution < 1.29 is 0 Å². The minimum absolute atomic E-state index is 0.166. The van der Waals surface area contributed by atoms with E-state index in [-0.39, 0.29) is 5.25 Å². The van der Waals surface area contributed by atoms with Crippen LogP contribution in [0, 0.1) is 11.3 Å². The lowest BCUT2D eigenvalue weighted by atomic mass is 10.2. The Bertz CT molecular complexity index is 642. The average molecular weight is 349 g/mol. The Morgan fingerprint density at radius 2 is 2.15 bits per heavy atom. The molecular formula is C14H13BrN4S. The van der Waals surface area contributed by atoms with Crippen molar-refractivity contribution in [2.75, 3.05) is 0 Å². The van der Waals surface area contributed by atoms with Gasteiger partial charge in [-0.05, 0) is 19.1 Å². The zero-order chi connectivity index (χ0) is 14.5. The van der Waals surface area contributed by atoms with Gasteiger partial charge in [-0.3, -0.25) is 4.57 Å². The second-order valence-electron chi connectivity index (χ2n) is 4.10. The first-order chi connectivity index (χ1) is 9.65. The van der Waals surface area contributed by atoms with Crippen molar-refractivity contribution in [3.8, 4) is 17.5 Å². The standard InChI is InChI=1S/C14H13BrN4S/c1-3-8-19-13(11-4-6-12(15)7-5-11)17-18-14(19)20-10(2)9-16/h3-7,10H,1,8H2,2H3/t10-/m1/s1. The maximum absolute atomic E-state index is 8.92. The van der Waals surface area contributed by atoms with Gasteiger partial charge in [0.1, 0.15) is 0 Å². The van der Waals surface area contributed by atoms with Gasteiger partial charge in [0.15, 0.2) is 11.0 Å². The maximum Gasteiger partial charge on any atom is 0.193 e. The van der Waals surface area contributed by atoms with Crippen molar-refractivity contribution in [3.05, 3.63) is 41.4 Å². The Kier molecular flexibility index (Phi) is 4.99. The number of rotatable bonds is 5. The Labute approximate surface area is 130 Å². The monoisotopic (exact) mass is 348 g/mol. The Morgan fingerprint density at radius 3 is 2.75 bits per heavy atom. The van der Waals surface area contributed by atoms with Gasteiger partial charge in [-0.25, -0.2) is 0 Å². The second-order valence-corrected chi connectivity index (χ2v) is 6.33. The van der Waals surface area contributed by atoms with Gasteiger partial charge < -0.3 is 0 Å². The summed E-state index contributed by atoms with van der Waals surface area (Å²) >= 11 is 4.82. The molecule has 0 aliphatic carbocycles. The van der Waals surface area contributed by atoms with Gasteiger partial charge in [-0.1, -0.05) is 45.9 Å². The lowest BCUT2D eigenvalue weighted by Gasteiger charge is -2.08. The topological polar surface area (TPSA) is 54.5 Å². The fourth-order valence-corrected chi connectivity index (χ4v) is 2.68. The first-order valence-corrected chi connectivity index (χ1v) is 7.69. The summed E-state index contributed by atoms with van der Waals surface area (Å²) in [4.78, 5) is 0. The van der Waals surface area contributed by atoms with E-state index in [0.29, 0.717) is 6.54 Å². The van der Waals surface area contributed by atoms with Gasteiger partial charge in [-0.15, -0.1) is 16.8 Å². The van der Waals surface area contributed by atoms with Crippen LogP contribution in [0.1, 0.15) is 6.92 Å². The fourth-order valence-electron chi connectivity index (χ4n) is 1.67. The first kappa shape index (κ1) is 14.8. The van der Waals surface area contributed by atoms with Crippen molar-refractivity contribution in [1.82, 2.24) is 14.8 Å². The van der Waals surface area contributed by atoms with E-state index in [2.05, 4.69) is 38.8 Å². The molecular weight excluding hydrogens is 336 g/mol. The summed E-state index contributed by atoms with van der Waals surface area (Å²) in [6.07, 6.45) is 1.80. The molecule has 0 fully saturated rings. The van der Waals surface area contributed by atoms with E-state index in [1.807, 2.05) is 35.8 Å². The van der Waals surface area contributed by atoms with Gasteiger partial charge in [0.25, 0.3) is 0 Å². The van der Waals surface area contributed by atoms with Crippen molar-refractivity contribution in [2.24, 2.45) is 0 Å². The number of hydrogen-bond donors (Lipinski definition) is 0. The quantitative estimate of drug-likeness (QED) is 0.607. The summed E-state index contributed by atoms with van der Waals surface area (Å²) in [5.74, 6) is 0.782. The SMILES string of the molecule is C=CCn1c(S[C@H](C)C#N)nnc1-c1ccc(Br)cc1. The number of hydrogen-bond acceptors (Lipinski definition) is 4. The molecule has 0 aliphatic heterocycles. The molecule has 1 aromatic carbocycles. The molecule has 0 saturated heterocycles. The van der Waals surface area contributed by atoms with E-state index < -0.39 is 0 Å². The zero-order valence-corrected chi connectivity index (χ0v) is 13.4. The van der Waals surface area contributed by atoms with E-state index in [9.17, 15) is 0 Å². The molecule has 0 unspecified atom stereocenters. The summed E-state index contributed by atoms with van der Waals surface area (Å²) < 4.78 is 2.98. The van der Waals surface area contributed by atoms with Crippen molar-refractivity contribution in [3.63, 3.8) is 0 Å². The second kappa shape index (κ2) is 6.73. The number of nitriles is 1. The first-order valence-electron chi connectivity index (χ1n) is 6.02. The molecule has 6 heteroatoms. The summed E-state index contributed by atoms with van der Waals surface area (Å²) in [6, 6.07) is 10.1. The molecule has 102 valence electrons. The van der Waals surface area contributed by atoms with Crippen molar-refractivity contribution in [2.45, 2.75) is 23.9 Å². The van der Waals surface area contributed by atoms with Crippen LogP contribution in [-0.2, 0) is 6.54 Å². The van der Waals surface area contributed by atoms with Crippen LogP contribution >= 0.6 is 27.7 Å². The van der Waals surface area contributed by atoms with E-state index in [1.54, 1.807) is 6.08 Å². The van der Waals surface area contributed by atoms with Gasteiger partial charge in [0, 0.05) is 16.6 Å². The van der Waals surface area contributed by atoms with Crippen molar-refractivity contribution in [1.29, 1.82) is 5.26 Å². The normalized spacial score (nSPS) is 11.8. The molecule has 0 bridgehead atoms. The minimum Gasteiger partial charge on any atom is -0.298 e. The number of halogens is 1. The molecule has 0 radical (unpaired) electrons. The number of nitrogens with zero attached hydrogens (tertiary/aromatic N) is 4. The summed E-state index contributed by atoms with van der Waals surface area (Å²) in [7, 11) is 0. The van der Waals surface area contributed by atoms with Gasteiger partial charge in [-0.2, -0.15) is 5.26 Å². The van der Waals surface area contributed by atoms with Crippen LogP contribution in [0.2, 0.25) is 0 Å². The van der Waals surface area contributed by atoms with Gasteiger partial charge in [0.05, 0.1) is 11.3 Å². The molecule has 1 atom stereocenters. The number of benzene rings is 1. The largest absolute Gasteiger partial charge is 0.298 e. The van der Waals surface area contributed by atoms with E-state index >= 15 is 0 Å². The van der Waals surface area contributed by atoms with Crippen LogP contribution in [0.15, 0.2) is 46.5 Å². The van der Waals surface area contributed by atoms with E-state index in [0.717, 1.165) is 21.0 Å². The molecule has 4 nitrogen and oxygen atoms in total. The van der Waals surface area contributed by atoms with Crippen molar-refractivity contribution >= 4 is 27.7 Å². The minimum atomic E-state index is -0.166. The molecule has 2 aromatic rings. The predicted molar refractivity (Wildman–Crippen MR) is 84.3 cm³/mol. The zero-order valence-electron chi connectivity index (χ0n) is 11.0. The van der Waals surface area contributed by atoms with Crippen LogP contribution < -0.4 is 0 Å². The highest BCUT2D eigenvalue weighted by Crippen LogP contribution is 2.27. The number of aromatic nitrogens is 3. The maximum atomic E-state index is 8.92.